The number of carbonyl (C=O) groups excluding carboxylic acids is 1. The highest BCUT2D eigenvalue weighted by Crippen LogP contribution is 2.27. The molecule has 3 aromatic rings. The largest absolute Gasteiger partial charge is 0.431 e. The zero-order valence-electron chi connectivity index (χ0n) is 13.4. The van der Waals surface area contributed by atoms with Gasteiger partial charge >= 0.3 is 0 Å². The summed E-state index contributed by atoms with van der Waals surface area (Å²) in [4.78, 5) is 20.3. The van der Waals surface area contributed by atoms with E-state index in [0.717, 1.165) is 11.8 Å². The van der Waals surface area contributed by atoms with E-state index in [1.165, 1.54) is 24.4 Å². The molecule has 0 atom stereocenters. The Balaban J connectivity index is 1.60. The van der Waals surface area contributed by atoms with Crippen molar-refractivity contribution in [2.45, 2.75) is 12.1 Å². The number of benzene rings is 1. The standard InChI is InChI=1S/C17H12Cl2FN3O2S/c1-9-12(18)6-13(19)16(22-9)23-15(24)8-26-17-21-7-14(25-17)10-2-4-11(20)5-3-10/h2-7H,8H2,1H3,(H,22,23,24). The predicted molar refractivity (Wildman–Crippen MR) is 100 cm³/mol. The lowest BCUT2D eigenvalue weighted by atomic mass is 10.2. The number of aromatic nitrogens is 2. The van der Waals surface area contributed by atoms with E-state index in [9.17, 15) is 9.18 Å². The summed E-state index contributed by atoms with van der Waals surface area (Å²) in [6, 6.07) is 7.38. The minimum atomic E-state index is -0.329. The summed E-state index contributed by atoms with van der Waals surface area (Å²) in [6.45, 7) is 1.72. The lowest BCUT2D eigenvalue weighted by Gasteiger charge is -2.07. The maximum atomic E-state index is 13.0. The molecule has 0 fully saturated rings. The van der Waals surface area contributed by atoms with E-state index in [0.29, 0.717) is 27.3 Å². The van der Waals surface area contributed by atoms with Gasteiger partial charge in [0.25, 0.3) is 5.22 Å². The second-order valence-electron chi connectivity index (χ2n) is 5.22. The van der Waals surface area contributed by atoms with Crippen LogP contribution >= 0.6 is 35.0 Å². The molecule has 9 heteroatoms. The van der Waals surface area contributed by atoms with Crippen molar-refractivity contribution in [3.05, 3.63) is 58.1 Å². The Morgan fingerprint density at radius 3 is 2.73 bits per heavy atom. The number of hydrogen-bond donors (Lipinski definition) is 1. The van der Waals surface area contributed by atoms with Gasteiger partial charge in [0.05, 0.1) is 27.7 Å². The molecule has 0 aliphatic heterocycles. The third-order valence-corrected chi connectivity index (χ3v) is 4.82. The number of pyridine rings is 1. The van der Waals surface area contributed by atoms with E-state index in [1.54, 1.807) is 19.1 Å². The minimum absolute atomic E-state index is 0.0586. The highest BCUT2D eigenvalue weighted by atomic mass is 35.5. The van der Waals surface area contributed by atoms with Crippen LogP contribution in [0.1, 0.15) is 5.69 Å². The van der Waals surface area contributed by atoms with Gasteiger partial charge < -0.3 is 9.73 Å². The number of rotatable bonds is 5. The first kappa shape index (κ1) is 18.7. The number of oxazole rings is 1. The van der Waals surface area contributed by atoms with E-state index >= 15 is 0 Å². The summed E-state index contributed by atoms with van der Waals surface area (Å²) in [5.74, 6) is 0.157. The molecule has 0 unspecified atom stereocenters. The molecule has 0 aliphatic carbocycles. The fourth-order valence-electron chi connectivity index (χ4n) is 2.01. The topological polar surface area (TPSA) is 68.0 Å². The number of halogens is 3. The molecule has 1 aromatic carbocycles. The second kappa shape index (κ2) is 8.07. The first-order valence-corrected chi connectivity index (χ1v) is 9.13. The van der Waals surface area contributed by atoms with Crippen LogP contribution in [-0.2, 0) is 4.79 Å². The molecule has 0 radical (unpaired) electrons. The van der Waals surface area contributed by atoms with Gasteiger partial charge in [-0.25, -0.2) is 14.4 Å². The van der Waals surface area contributed by atoms with Crippen LogP contribution < -0.4 is 5.32 Å². The van der Waals surface area contributed by atoms with Gasteiger partial charge in [0.2, 0.25) is 5.91 Å². The van der Waals surface area contributed by atoms with Gasteiger partial charge in [0, 0.05) is 5.56 Å². The molecule has 1 amide bonds. The van der Waals surface area contributed by atoms with Gasteiger partial charge in [-0.1, -0.05) is 35.0 Å². The molecule has 1 N–H and O–H groups in total. The summed E-state index contributed by atoms with van der Waals surface area (Å²) in [5, 5.41) is 3.63. The smallest absolute Gasteiger partial charge is 0.256 e. The van der Waals surface area contributed by atoms with Crippen LogP contribution in [-0.4, -0.2) is 21.6 Å². The molecule has 3 rings (SSSR count). The fourth-order valence-corrected chi connectivity index (χ4v) is 3.02. The second-order valence-corrected chi connectivity index (χ2v) is 6.96. The maximum absolute atomic E-state index is 13.0. The Kier molecular flexibility index (Phi) is 5.80. The van der Waals surface area contributed by atoms with Crippen LogP contribution in [0.15, 0.2) is 46.2 Å². The molecule has 2 heterocycles. The molecule has 0 bridgehead atoms. The van der Waals surface area contributed by atoms with Crippen LogP contribution in [0.2, 0.25) is 10.0 Å². The molecule has 0 aliphatic rings. The lowest BCUT2D eigenvalue weighted by molar-refractivity contribution is -0.113. The summed E-state index contributed by atoms with van der Waals surface area (Å²) >= 11 is 13.1. The Labute approximate surface area is 162 Å². The Morgan fingerprint density at radius 1 is 1.27 bits per heavy atom. The number of carbonyl (C=O) groups is 1. The van der Waals surface area contributed by atoms with Crippen molar-refractivity contribution in [1.29, 1.82) is 0 Å². The van der Waals surface area contributed by atoms with Crippen molar-refractivity contribution in [3.63, 3.8) is 0 Å². The van der Waals surface area contributed by atoms with Crippen molar-refractivity contribution in [1.82, 2.24) is 9.97 Å². The van der Waals surface area contributed by atoms with Gasteiger partial charge in [-0.15, -0.1) is 0 Å². The molecule has 2 aromatic heterocycles. The molecule has 5 nitrogen and oxygen atoms in total. The van der Waals surface area contributed by atoms with E-state index in [2.05, 4.69) is 15.3 Å². The van der Waals surface area contributed by atoms with Crippen LogP contribution in [0.25, 0.3) is 11.3 Å². The highest BCUT2D eigenvalue weighted by Gasteiger charge is 2.13. The van der Waals surface area contributed by atoms with E-state index < -0.39 is 0 Å². The summed E-state index contributed by atoms with van der Waals surface area (Å²) in [7, 11) is 0. The fraction of sp³-hybridized carbons (Fsp3) is 0.118. The third-order valence-electron chi connectivity index (χ3n) is 3.30. The number of nitrogens with zero attached hydrogens (tertiary/aromatic N) is 2. The average molecular weight is 412 g/mol. The number of hydrogen-bond acceptors (Lipinski definition) is 5. The zero-order chi connectivity index (χ0) is 18.7. The van der Waals surface area contributed by atoms with Crippen molar-refractivity contribution >= 4 is 46.7 Å². The van der Waals surface area contributed by atoms with Crippen LogP contribution in [0.4, 0.5) is 10.2 Å². The highest BCUT2D eigenvalue weighted by molar-refractivity contribution is 7.99. The van der Waals surface area contributed by atoms with Crippen LogP contribution in [0, 0.1) is 12.7 Å². The molecule has 26 heavy (non-hydrogen) atoms. The van der Waals surface area contributed by atoms with Crippen molar-refractivity contribution in [2.24, 2.45) is 0 Å². The van der Waals surface area contributed by atoms with Gasteiger partial charge in [-0.3, -0.25) is 4.79 Å². The Bertz CT molecular complexity index is 948. The maximum Gasteiger partial charge on any atom is 0.256 e. The quantitative estimate of drug-likeness (QED) is 0.582. The van der Waals surface area contributed by atoms with E-state index in [1.807, 2.05) is 0 Å². The Morgan fingerprint density at radius 2 is 2.00 bits per heavy atom. The van der Waals surface area contributed by atoms with Gasteiger partial charge in [-0.05, 0) is 37.3 Å². The number of amides is 1. The summed E-state index contributed by atoms with van der Waals surface area (Å²) < 4.78 is 18.5. The van der Waals surface area contributed by atoms with Crippen molar-refractivity contribution in [2.75, 3.05) is 11.1 Å². The monoisotopic (exact) mass is 411 g/mol. The van der Waals surface area contributed by atoms with E-state index in [-0.39, 0.29) is 28.3 Å². The number of anilines is 1. The molecular formula is C17H12Cl2FN3O2S. The minimum Gasteiger partial charge on any atom is -0.431 e. The van der Waals surface area contributed by atoms with Crippen molar-refractivity contribution < 1.29 is 13.6 Å². The number of thioether (sulfide) groups is 1. The number of aryl methyl sites for hydroxylation is 1. The van der Waals surface area contributed by atoms with Gasteiger partial charge in [0.1, 0.15) is 5.82 Å². The predicted octanol–water partition coefficient (Wildman–Crippen LogP) is 5.22. The first-order chi connectivity index (χ1) is 12.4. The Hall–Kier alpha value is -2.09. The summed E-state index contributed by atoms with van der Waals surface area (Å²) in [6.07, 6.45) is 1.52. The van der Waals surface area contributed by atoms with Crippen LogP contribution in [0.3, 0.4) is 0 Å². The molecule has 134 valence electrons. The SMILES string of the molecule is Cc1nc(NC(=O)CSc2ncc(-c3ccc(F)cc3)o2)c(Cl)cc1Cl. The average Bonchev–Trinajstić information content (AvgIpc) is 3.07. The normalized spacial score (nSPS) is 10.8. The zero-order valence-corrected chi connectivity index (χ0v) is 15.8. The van der Waals surface area contributed by atoms with Gasteiger partial charge in [0.15, 0.2) is 11.6 Å². The molecule has 0 saturated heterocycles. The lowest BCUT2D eigenvalue weighted by Crippen LogP contribution is -2.15. The molecule has 0 saturated carbocycles. The van der Waals surface area contributed by atoms with Crippen LogP contribution in [0.5, 0.6) is 0 Å². The molecular weight excluding hydrogens is 400 g/mol. The van der Waals surface area contributed by atoms with Crippen molar-refractivity contribution in [3.8, 4) is 11.3 Å². The van der Waals surface area contributed by atoms with Gasteiger partial charge in [-0.2, -0.15) is 0 Å². The summed E-state index contributed by atoms with van der Waals surface area (Å²) in [5.41, 5.74) is 1.26. The van der Waals surface area contributed by atoms with E-state index in [4.69, 9.17) is 27.6 Å². The third kappa shape index (κ3) is 4.55. The number of nitrogens with one attached hydrogen (secondary N) is 1. The molecule has 0 spiro atoms. The first-order valence-electron chi connectivity index (χ1n) is 7.39.